The minimum Gasteiger partial charge on any atom is -0.497 e. The van der Waals surface area contributed by atoms with E-state index in [9.17, 15) is 13.2 Å². The molecule has 146 valence electrons. The van der Waals surface area contributed by atoms with Crippen LogP contribution in [0.1, 0.15) is 13.8 Å². The smallest absolute Gasteiger partial charge is 0.242 e. The number of methoxy groups -OCH3 is 1. The lowest BCUT2D eigenvalue weighted by Gasteiger charge is -2.19. The zero-order valence-electron chi connectivity index (χ0n) is 15.9. The van der Waals surface area contributed by atoms with Gasteiger partial charge >= 0.3 is 0 Å². The number of benzene rings is 2. The van der Waals surface area contributed by atoms with E-state index in [4.69, 9.17) is 4.74 Å². The molecular formula is C19H25N3O4S. The Bertz CT molecular complexity index is 882. The number of amides is 1. The van der Waals surface area contributed by atoms with E-state index in [1.54, 1.807) is 18.2 Å². The minimum atomic E-state index is -3.82. The first-order valence-electron chi connectivity index (χ1n) is 8.55. The fourth-order valence-electron chi connectivity index (χ4n) is 2.36. The topological polar surface area (TPSA) is 87.7 Å². The lowest BCUT2D eigenvalue weighted by atomic mass is 10.2. The lowest BCUT2D eigenvalue weighted by molar-refractivity contribution is -0.117. The molecular weight excluding hydrogens is 366 g/mol. The van der Waals surface area contributed by atoms with Gasteiger partial charge in [-0.1, -0.05) is 6.07 Å². The summed E-state index contributed by atoms with van der Waals surface area (Å²) < 4.78 is 32.3. The van der Waals surface area contributed by atoms with Gasteiger partial charge in [0.15, 0.2) is 0 Å². The van der Waals surface area contributed by atoms with Crippen molar-refractivity contribution in [1.29, 1.82) is 0 Å². The molecule has 0 heterocycles. The number of ether oxygens (including phenoxy) is 1. The van der Waals surface area contributed by atoms with E-state index in [-0.39, 0.29) is 4.90 Å². The molecule has 0 bridgehead atoms. The van der Waals surface area contributed by atoms with E-state index >= 15 is 0 Å². The van der Waals surface area contributed by atoms with E-state index in [2.05, 4.69) is 10.0 Å². The first-order valence-corrected chi connectivity index (χ1v) is 10.0. The average Bonchev–Trinajstić information content (AvgIpc) is 2.67. The lowest BCUT2D eigenvalue weighted by Crippen LogP contribution is -2.41. The molecule has 2 aromatic rings. The molecule has 0 saturated heterocycles. The first kappa shape index (κ1) is 20.7. The van der Waals surface area contributed by atoms with Gasteiger partial charge in [0.2, 0.25) is 15.9 Å². The van der Waals surface area contributed by atoms with Crippen molar-refractivity contribution < 1.29 is 17.9 Å². The van der Waals surface area contributed by atoms with Crippen molar-refractivity contribution >= 4 is 27.3 Å². The van der Waals surface area contributed by atoms with Gasteiger partial charge in [-0.15, -0.1) is 0 Å². The van der Waals surface area contributed by atoms with E-state index in [1.807, 2.05) is 37.1 Å². The Kier molecular flexibility index (Phi) is 6.81. The van der Waals surface area contributed by atoms with Gasteiger partial charge in [-0.3, -0.25) is 4.79 Å². The van der Waals surface area contributed by atoms with Crippen LogP contribution in [0.15, 0.2) is 53.4 Å². The van der Waals surface area contributed by atoms with Crippen molar-refractivity contribution in [3.63, 3.8) is 0 Å². The molecule has 8 heteroatoms. The predicted octanol–water partition coefficient (Wildman–Crippen LogP) is 2.46. The van der Waals surface area contributed by atoms with Crippen LogP contribution in [0.4, 0.5) is 11.4 Å². The van der Waals surface area contributed by atoms with Crippen LogP contribution in [0.5, 0.6) is 5.75 Å². The van der Waals surface area contributed by atoms with E-state index in [1.165, 1.54) is 26.2 Å². The third-order valence-electron chi connectivity index (χ3n) is 4.12. The van der Waals surface area contributed by atoms with E-state index < -0.39 is 22.0 Å². The number of hydrogen-bond acceptors (Lipinski definition) is 5. The molecule has 0 aromatic heterocycles. The molecule has 2 N–H and O–H groups in total. The third-order valence-corrected chi connectivity index (χ3v) is 5.68. The van der Waals surface area contributed by atoms with Crippen molar-refractivity contribution in [3.8, 4) is 5.75 Å². The first-order chi connectivity index (χ1) is 12.8. The largest absolute Gasteiger partial charge is 0.497 e. The molecule has 0 aliphatic heterocycles. The van der Waals surface area contributed by atoms with Crippen LogP contribution in [0.2, 0.25) is 0 Å². The summed E-state index contributed by atoms with van der Waals surface area (Å²) >= 11 is 0. The molecule has 1 amide bonds. The second-order valence-electron chi connectivity index (χ2n) is 6.07. The summed E-state index contributed by atoms with van der Waals surface area (Å²) in [4.78, 5) is 14.5. The molecule has 1 atom stereocenters. The maximum atomic E-state index is 12.4. The van der Waals surface area contributed by atoms with Crippen molar-refractivity contribution in [3.05, 3.63) is 48.5 Å². The van der Waals surface area contributed by atoms with Crippen molar-refractivity contribution in [2.45, 2.75) is 24.8 Å². The molecule has 2 rings (SSSR count). The maximum absolute atomic E-state index is 12.4. The molecule has 27 heavy (non-hydrogen) atoms. The predicted molar refractivity (Wildman–Crippen MR) is 107 cm³/mol. The molecule has 0 aliphatic carbocycles. The number of carbonyl (C=O) groups is 1. The molecule has 0 saturated carbocycles. The highest BCUT2D eigenvalue weighted by Gasteiger charge is 2.22. The number of nitrogens with zero attached hydrogens (tertiary/aromatic N) is 1. The van der Waals surface area contributed by atoms with Crippen LogP contribution in [-0.4, -0.2) is 41.1 Å². The van der Waals surface area contributed by atoms with Gasteiger partial charge in [-0.2, -0.15) is 4.72 Å². The van der Waals surface area contributed by atoms with Crippen LogP contribution in [0.3, 0.4) is 0 Å². The number of anilines is 2. The Morgan fingerprint density at radius 2 is 1.85 bits per heavy atom. The van der Waals surface area contributed by atoms with Crippen molar-refractivity contribution in [2.75, 3.05) is 30.9 Å². The normalized spacial score (nSPS) is 12.3. The zero-order valence-corrected chi connectivity index (χ0v) is 16.7. The van der Waals surface area contributed by atoms with Crippen LogP contribution >= 0.6 is 0 Å². The molecule has 0 unspecified atom stereocenters. The van der Waals surface area contributed by atoms with Gasteiger partial charge < -0.3 is 15.0 Å². The molecule has 0 aliphatic rings. The highest BCUT2D eigenvalue weighted by molar-refractivity contribution is 7.89. The quantitative estimate of drug-likeness (QED) is 0.722. The van der Waals surface area contributed by atoms with Gasteiger partial charge in [0.1, 0.15) is 5.75 Å². The number of nitrogens with one attached hydrogen (secondary N) is 2. The Balaban J connectivity index is 2.06. The van der Waals surface area contributed by atoms with Gasteiger partial charge in [-0.25, -0.2) is 8.42 Å². The Morgan fingerprint density at radius 3 is 2.44 bits per heavy atom. The van der Waals surface area contributed by atoms with Crippen LogP contribution in [0.25, 0.3) is 0 Å². The van der Waals surface area contributed by atoms with Crippen LogP contribution in [-0.2, 0) is 14.8 Å². The summed E-state index contributed by atoms with van der Waals surface area (Å²) in [5.74, 6) is 0.111. The second kappa shape index (κ2) is 8.88. The summed E-state index contributed by atoms with van der Waals surface area (Å²) in [6, 6.07) is 12.4. The highest BCUT2D eigenvalue weighted by Crippen LogP contribution is 2.19. The number of carbonyl (C=O) groups excluding carboxylic acids is 1. The van der Waals surface area contributed by atoms with Crippen molar-refractivity contribution in [2.24, 2.45) is 0 Å². The van der Waals surface area contributed by atoms with Gasteiger partial charge in [0.05, 0.1) is 18.0 Å². The van der Waals surface area contributed by atoms with Gasteiger partial charge in [0.25, 0.3) is 0 Å². The summed E-state index contributed by atoms with van der Waals surface area (Å²) in [7, 11) is -0.370. The van der Waals surface area contributed by atoms with Gasteiger partial charge in [-0.05, 0) is 56.3 Å². The van der Waals surface area contributed by atoms with E-state index in [0.29, 0.717) is 11.4 Å². The summed E-state index contributed by atoms with van der Waals surface area (Å²) in [5.41, 5.74) is 1.56. The van der Waals surface area contributed by atoms with E-state index in [0.717, 1.165) is 12.2 Å². The number of sulfonamides is 1. The zero-order chi connectivity index (χ0) is 20.0. The van der Waals surface area contributed by atoms with Gasteiger partial charge in [0, 0.05) is 25.0 Å². The fraction of sp³-hybridized carbons (Fsp3) is 0.316. The molecule has 0 fully saturated rings. The molecule has 7 nitrogen and oxygen atoms in total. The molecule has 0 radical (unpaired) electrons. The monoisotopic (exact) mass is 391 g/mol. The summed E-state index contributed by atoms with van der Waals surface area (Å²) in [5, 5.41) is 2.74. The Hall–Kier alpha value is -2.58. The number of rotatable bonds is 8. The third kappa shape index (κ3) is 5.45. The number of hydrogen-bond donors (Lipinski definition) is 2. The highest BCUT2D eigenvalue weighted by atomic mass is 32.2. The summed E-state index contributed by atoms with van der Waals surface area (Å²) in [6.45, 7) is 4.36. The molecule has 0 spiro atoms. The van der Waals surface area contributed by atoms with Crippen molar-refractivity contribution in [1.82, 2.24) is 4.72 Å². The Labute approximate surface area is 160 Å². The maximum Gasteiger partial charge on any atom is 0.242 e. The van der Waals surface area contributed by atoms with Crippen LogP contribution < -0.4 is 19.7 Å². The molecule has 2 aromatic carbocycles. The average molecular weight is 391 g/mol. The Morgan fingerprint density at radius 1 is 1.19 bits per heavy atom. The fourth-order valence-corrected chi connectivity index (χ4v) is 3.57. The van der Waals surface area contributed by atoms with Crippen LogP contribution in [0, 0.1) is 0 Å². The minimum absolute atomic E-state index is 0.0644. The SMILES string of the molecule is CCN(C)c1cccc(NC(=O)[C@H](C)NS(=O)(=O)c2ccc(OC)cc2)c1. The summed E-state index contributed by atoms with van der Waals surface area (Å²) in [6.07, 6.45) is 0. The standard InChI is InChI=1S/C19H25N3O4S/c1-5-22(3)16-8-6-7-15(13-16)20-19(23)14(2)21-27(24,25)18-11-9-17(26-4)10-12-18/h6-14,21H,5H2,1-4H3,(H,20,23)/t14-/m0/s1. The second-order valence-corrected chi connectivity index (χ2v) is 7.79.